The highest BCUT2D eigenvalue weighted by molar-refractivity contribution is 7.82. The zero-order valence-electron chi connectivity index (χ0n) is 10.1. The maximum absolute atomic E-state index is 12.6. The summed E-state index contributed by atoms with van der Waals surface area (Å²) in [6.07, 6.45) is 5.47. The van der Waals surface area contributed by atoms with Crippen LogP contribution in [-0.4, -0.2) is 41.0 Å². The molecule has 17 heavy (non-hydrogen) atoms. The van der Waals surface area contributed by atoms with Crippen molar-refractivity contribution in [1.29, 1.82) is 0 Å². The summed E-state index contributed by atoms with van der Waals surface area (Å²) in [7, 11) is 0. The van der Waals surface area contributed by atoms with Crippen LogP contribution in [0, 0.1) is 0 Å². The molecule has 0 aromatic rings. The minimum absolute atomic E-state index is 0.660. The summed E-state index contributed by atoms with van der Waals surface area (Å²) in [5.41, 5.74) is 0. The molecule has 0 saturated carbocycles. The summed E-state index contributed by atoms with van der Waals surface area (Å²) in [4.78, 5) is 10.7. The molecular formula is C11H20FN3OS. The minimum atomic E-state index is -1.52. The standard InChI is InChI=1S/C11H20FN3OS/c12-11(16)13-17(14-7-3-1-4-8-14)15-9-5-2-6-10-15/h1-10H2. The first-order valence-electron chi connectivity index (χ1n) is 6.43. The number of hydrogen-bond acceptors (Lipinski definition) is 1. The Morgan fingerprint density at radius 2 is 1.29 bits per heavy atom. The second-order valence-corrected chi connectivity index (χ2v) is 6.27. The molecular weight excluding hydrogens is 241 g/mol. The molecule has 0 bridgehead atoms. The van der Waals surface area contributed by atoms with Gasteiger partial charge in [-0.1, -0.05) is 12.8 Å². The third-order valence-electron chi connectivity index (χ3n) is 3.25. The van der Waals surface area contributed by atoms with Crippen LogP contribution in [-0.2, 0) is 11.1 Å². The summed E-state index contributed by atoms with van der Waals surface area (Å²) in [6, 6.07) is 0. The predicted octanol–water partition coefficient (Wildman–Crippen LogP) is 2.68. The first-order chi connectivity index (χ1) is 8.27. The Balaban J connectivity index is 2.08. The number of halogens is 1. The van der Waals surface area contributed by atoms with Crippen LogP contribution in [0.2, 0.25) is 0 Å². The Hall–Kier alpha value is -0.330. The van der Waals surface area contributed by atoms with E-state index in [4.69, 9.17) is 0 Å². The number of piperidine rings is 2. The largest absolute Gasteiger partial charge is 0.432 e. The number of carbonyl (C=O) groups is 1. The van der Waals surface area contributed by atoms with Gasteiger partial charge in [0.2, 0.25) is 0 Å². The van der Waals surface area contributed by atoms with E-state index >= 15 is 0 Å². The van der Waals surface area contributed by atoms with Gasteiger partial charge in [0.05, 0.1) is 11.1 Å². The molecule has 2 aliphatic rings. The van der Waals surface area contributed by atoms with Gasteiger partial charge in [-0.2, -0.15) is 0 Å². The topological polar surface area (TPSA) is 35.9 Å². The van der Waals surface area contributed by atoms with Crippen molar-refractivity contribution < 1.29 is 9.18 Å². The normalized spacial score (nSPS) is 23.9. The molecule has 0 atom stereocenters. The van der Waals surface area contributed by atoms with E-state index in [-0.39, 0.29) is 0 Å². The van der Waals surface area contributed by atoms with Gasteiger partial charge in [0.15, 0.2) is 0 Å². The summed E-state index contributed by atoms with van der Waals surface area (Å²) in [6.45, 7) is 3.76. The van der Waals surface area contributed by atoms with Gasteiger partial charge in [-0.25, -0.2) is 13.4 Å². The average Bonchev–Trinajstić information content (AvgIpc) is 2.38. The summed E-state index contributed by atoms with van der Waals surface area (Å²) >= 11 is -0.660. The molecule has 0 aromatic heterocycles. The molecule has 98 valence electrons. The zero-order valence-corrected chi connectivity index (χ0v) is 10.9. The number of hydrogen-bond donors (Lipinski definition) is 0. The number of carbonyl (C=O) groups excluding carboxylic acids is 1. The van der Waals surface area contributed by atoms with Gasteiger partial charge in [0.1, 0.15) is 0 Å². The van der Waals surface area contributed by atoms with Gasteiger partial charge in [-0.3, -0.25) is 0 Å². The van der Waals surface area contributed by atoms with Crippen molar-refractivity contribution in [2.45, 2.75) is 38.5 Å². The van der Waals surface area contributed by atoms with Crippen molar-refractivity contribution in [3.05, 3.63) is 0 Å². The van der Waals surface area contributed by atoms with Crippen molar-refractivity contribution in [1.82, 2.24) is 8.61 Å². The van der Waals surface area contributed by atoms with Crippen molar-refractivity contribution in [2.24, 2.45) is 4.36 Å². The van der Waals surface area contributed by atoms with E-state index < -0.39 is 17.2 Å². The van der Waals surface area contributed by atoms with Crippen molar-refractivity contribution in [3.63, 3.8) is 0 Å². The molecule has 2 saturated heterocycles. The lowest BCUT2D eigenvalue weighted by atomic mass is 10.2. The Morgan fingerprint density at radius 3 is 1.65 bits per heavy atom. The second kappa shape index (κ2) is 6.56. The molecule has 0 radical (unpaired) electrons. The number of nitrogens with zero attached hydrogens (tertiary/aromatic N) is 3. The lowest BCUT2D eigenvalue weighted by Gasteiger charge is -2.36. The van der Waals surface area contributed by atoms with Gasteiger partial charge in [-0.15, -0.1) is 8.75 Å². The van der Waals surface area contributed by atoms with Crippen LogP contribution in [0.25, 0.3) is 0 Å². The van der Waals surface area contributed by atoms with Gasteiger partial charge in [0, 0.05) is 26.2 Å². The van der Waals surface area contributed by atoms with Crippen LogP contribution in [0.3, 0.4) is 0 Å². The predicted molar refractivity (Wildman–Crippen MR) is 67.1 cm³/mol. The SMILES string of the molecule is O=C(F)N=S(N1CCCCC1)N1CCCCC1. The van der Waals surface area contributed by atoms with E-state index in [2.05, 4.69) is 13.0 Å². The van der Waals surface area contributed by atoms with Crippen LogP contribution < -0.4 is 0 Å². The third-order valence-corrected chi connectivity index (χ3v) is 5.21. The van der Waals surface area contributed by atoms with Crippen molar-refractivity contribution >= 4 is 17.2 Å². The number of amides is 1. The lowest BCUT2D eigenvalue weighted by molar-refractivity contribution is 0.231. The van der Waals surface area contributed by atoms with Crippen LogP contribution in [0.5, 0.6) is 0 Å². The van der Waals surface area contributed by atoms with Gasteiger partial charge in [0.25, 0.3) is 0 Å². The van der Waals surface area contributed by atoms with E-state index in [9.17, 15) is 9.18 Å². The monoisotopic (exact) mass is 261 g/mol. The molecule has 0 spiro atoms. The van der Waals surface area contributed by atoms with E-state index in [1.54, 1.807) is 0 Å². The molecule has 2 rings (SSSR count). The molecule has 2 heterocycles. The maximum Gasteiger partial charge on any atom is 0.432 e. The fourth-order valence-corrected chi connectivity index (χ4v) is 4.25. The first-order valence-corrected chi connectivity index (χ1v) is 7.52. The van der Waals surface area contributed by atoms with Gasteiger partial charge >= 0.3 is 6.16 Å². The van der Waals surface area contributed by atoms with Crippen LogP contribution in [0.1, 0.15) is 38.5 Å². The second-order valence-electron chi connectivity index (χ2n) is 4.57. The zero-order chi connectivity index (χ0) is 12.1. The molecule has 2 fully saturated rings. The van der Waals surface area contributed by atoms with E-state index in [0.29, 0.717) is 0 Å². The quantitative estimate of drug-likeness (QED) is 0.566. The fourth-order valence-electron chi connectivity index (χ4n) is 2.40. The third kappa shape index (κ3) is 3.82. The van der Waals surface area contributed by atoms with Crippen molar-refractivity contribution in [3.8, 4) is 0 Å². The lowest BCUT2D eigenvalue weighted by Crippen LogP contribution is -2.43. The Morgan fingerprint density at radius 1 is 0.882 bits per heavy atom. The maximum atomic E-state index is 12.6. The number of rotatable bonds is 2. The van der Waals surface area contributed by atoms with Crippen molar-refractivity contribution in [2.75, 3.05) is 26.2 Å². The smallest absolute Gasteiger partial charge is 0.231 e. The molecule has 0 unspecified atom stereocenters. The van der Waals surface area contributed by atoms with E-state index in [1.165, 1.54) is 12.8 Å². The van der Waals surface area contributed by atoms with Crippen LogP contribution in [0.15, 0.2) is 4.36 Å². The van der Waals surface area contributed by atoms with Crippen LogP contribution >= 0.6 is 0 Å². The highest BCUT2D eigenvalue weighted by Crippen LogP contribution is 2.19. The summed E-state index contributed by atoms with van der Waals surface area (Å²) in [5, 5.41) is 0. The molecule has 4 nitrogen and oxygen atoms in total. The molecule has 0 N–H and O–H groups in total. The summed E-state index contributed by atoms with van der Waals surface area (Å²) in [5.74, 6) is 0. The van der Waals surface area contributed by atoms with E-state index in [0.717, 1.165) is 51.9 Å². The first kappa shape index (κ1) is 13.1. The molecule has 2 aliphatic heterocycles. The highest BCUT2D eigenvalue weighted by atomic mass is 32.2. The Labute approximate surface area is 105 Å². The Bertz CT molecular complexity index is 279. The fraction of sp³-hybridized carbons (Fsp3) is 0.909. The summed E-state index contributed by atoms with van der Waals surface area (Å²) < 4.78 is 20.7. The Kier molecular flexibility index (Phi) is 5.06. The molecule has 0 aliphatic carbocycles. The molecule has 0 aromatic carbocycles. The van der Waals surface area contributed by atoms with Gasteiger partial charge < -0.3 is 0 Å². The van der Waals surface area contributed by atoms with Gasteiger partial charge in [-0.05, 0) is 25.7 Å². The average molecular weight is 261 g/mol. The highest BCUT2D eigenvalue weighted by Gasteiger charge is 2.23. The van der Waals surface area contributed by atoms with Crippen LogP contribution in [0.4, 0.5) is 9.18 Å². The minimum Gasteiger partial charge on any atom is -0.231 e. The molecule has 1 amide bonds. The van der Waals surface area contributed by atoms with E-state index in [1.807, 2.05) is 0 Å². The molecule has 6 heteroatoms.